The standard InChI is InChI=1S/C20H34N4O3.HI/c1-6-21-20(22-13-15-9-8-10-24(15)7-2)23-14-17-18(26-4)11-16(25-3)12-19(17)27-5;/h11-12,15H,6-10,13-14H2,1-5H3,(H2,21,22,23);1H. The van der Waals surface area contributed by atoms with Crippen molar-refractivity contribution < 1.29 is 14.2 Å². The highest BCUT2D eigenvalue weighted by Gasteiger charge is 2.22. The van der Waals surface area contributed by atoms with Gasteiger partial charge >= 0.3 is 0 Å². The van der Waals surface area contributed by atoms with Crippen LogP contribution in [-0.2, 0) is 6.54 Å². The smallest absolute Gasteiger partial charge is 0.191 e. The zero-order valence-corrected chi connectivity index (χ0v) is 20.0. The van der Waals surface area contributed by atoms with Crippen molar-refractivity contribution in [1.29, 1.82) is 0 Å². The third-order valence-electron chi connectivity index (χ3n) is 4.97. The van der Waals surface area contributed by atoms with Crippen LogP contribution in [0, 0.1) is 0 Å². The number of benzene rings is 1. The van der Waals surface area contributed by atoms with Crippen molar-refractivity contribution in [2.24, 2.45) is 4.99 Å². The third kappa shape index (κ3) is 6.58. The summed E-state index contributed by atoms with van der Waals surface area (Å²) in [4.78, 5) is 7.26. The molecule has 1 atom stereocenters. The highest BCUT2D eigenvalue weighted by molar-refractivity contribution is 14.0. The lowest BCUT2D eigenvalue weighted by atomic mass is 10.1. The van der Waals surface area contributed by atoms with E-state index in [9.17, 15) is 0 Å². The molecule has 2 N–H and O–H groups in total. The summed E-state index contributed by atoms with van der Waals surface area (Å²) < 4.78 is 16.3. The molecule has 1 unspecified atom stereocenters. The van der Waals surface area contributed by atoms with Gasteiger partial charge in [-0.1, -0.05) is 6.92 Å². The molecule has 0 bridgehead atoms. The number of likely N-dealkylation sites (N-methyl/N-ethyl adjacent to an activating group) is 1. The number of ether oxygens (including phenoxy) is 3. The molecule has 1 aliphatic heterocycles. The maximum Gasteiger partial charge on any atom is 0.191 e. The Morgan fingerprint density at radius 2 is 1.79 bits per heavy atom. The predicted molar refractivity (Wildman–Crippen MR) is 125 cm³/mol. The molecule has 0 spiro atoms. The van der Waals surface area contributed by atoms with E-state index in [0.29, 0.717) is 29.8 Å². The Hall–Kier alpha value is -1.42. The van der Waals surface area contributed by atoms with Crippen molar-refractivity contribution in [3.63, 3.8) is 0 Å². The van der Waals surface area contributed by atoms with Crippen molar-refractivity contribution in [3.8, 4) is 17.2 Å². The van der Waals surface area contributed by atoms with Crippen LogP contribution in [-0.4, -0.2) is 64.4 Å². The zero-order valence-electron chi connectivity index (χ0n) is 17.7. The van der Waals surface area contributed by atoms with E-state index in [1.165, 1.54) is 19.4 Å². The van der Waals surface area contributed by atoms with E-state index in [0.717, 1.165) is 31.2 Å². The third-order valence-corrected chi connectivity index (χ3v) is 4.97. The van der Waals surface area contributed by atoms with Crippen molar-refractivity contribution >= 4 is 29.9 Å². The summed E-state index contributed by atoms with van der Waals surface area (Å²) in [5.41, 5.74) is 0.897. The second-order valence-corrected chi connectivity index (χ2v) is 6.51. The second-order valence-electron chi connectivity index (χ2n) is 6.51. The van der Waals surface area contributed by atoms with Gasteiger partial charge in [-0.25, -0.2) is 4.99 Å². The number of rotatable bonds is 9. The number of nitrogens with zero attached hydrogens (tertiary/aromatic N) is 2. The van der Waals surface area contributed by atoms with E-state index in [1.54, 1.807) is 21.3 Å². The second kappa shape index (κ2) is 12.9. The molecule has 1 aromatic rings. The van der Waals surface area contributed by atoms with Gasteiger partial charge in [0.1, 0.15) is 17.2 Å². The number of guanidine groups is 1. The lowest BCUT2D eigenvalue weighted by Gasteiger charge is -2.24. The molecule has 0 aromatic heterocycles. The molecule has 0 radical (unpaired) electrons. The van der Waals surface area contributed by atoms with Gasteiger partial charge in [0.05, 0.1) is 33.4 Å². The van der Waals surface area contributed by atoms with Crippen LogP contribution >= 0.6 is 24.0 Å². The van der Waals surface area contributed by atoms with Crippen LogP contribution in [0.1, 0.15) is 32.3 Å². The van der Waals surface area contributed by atoms with Crippen molar-refractivity contribution in [2.75, 3.05) is 47.5 Å². The Kier molecular flexibility index (Phi) is 11.4. The van der Waals surface area contributed by atoms with E-state index in [-0.39, 0.29) is 24.0 Å². The average molecular weight is 506 g/mol. The van der Waals surface area contributed by atoms with Crippen LogP contribution in [0.3, 0.4) is 0 Å². The van der Waals surface area contributed by atoms with Gasteiger partial charge in [-0.3, -0.25) is 4.90 Å². The Balaban J connectivity index is 0.00000392. The fourth-order valence-electron chi connectivity index (χ4n) is 3.49. The highest BCUT2D eigenvalue weighted by atomic mass is 127. The van der Waals surface area contributed by atoms with Crippen LogP contribution in [0.5, 0.6) is 17.2 Å². The summed E-state index contributed by atoms with van der Waals surface area (Å²) in [6.45, 7) is 8.74. The molecule has 0 amide bonds. The molecule has 2 rings (SSSR count). The summed E-state index contributed by atoms with van der Waals surface area (Å²) in [7, 11) is 4.91. The molecule has 0 aliphatic carbocycles. The molecule has 1 aromatic carbocycles. The Labute approximate surface area is 186 Å². The Morgan fingerprint density at radius 3 is 2.32 bits per heavy atom. The minimum atomic E-state index is 0. The molecular weight excluding hydrogens is 471 g/mol. The molecule has 1 aliphatic rings. The Bertz CT molecular complexity index is 602. The van der Waals surface area contributed by atoms with Gasteiger partial charge in [0.2, 0.25) is 0 Å². The topological polar surface area (TPSA) is 67.4 Å². The van der Waals surface area contributed by atoms with E-state index in [1.807, 2.05) is 12.1 Å². The molecule has 160 valence electrons. The van der Waals surface area contributed by atoms with Gasteiger partial charge in [0, 0.05) is 31.3 Å². The van der Waals surface area contributed by atoms with Crippen molar-refractivity contribution in [1.82, 2.24) is 15.5 Å². The normalized spacial score (nSPS) is 17.0. The van der Waals surface area contributed by atoms with Crippen LogP contribution in [0.15, 0.2) is 17.1 Å². The number of likely N-dealkylation sites (tertiary alicyclic amines) is 1. The van der Waals surface area contributed by atoms with Crippen LogP contribution < -0.4 is 24.8 Å². The van der Waals surface area contributed by atoms with Gasteiger partial charge in [-0.2, -0.15) is 0 Å². The van der Waals surface area contributed by atoms with Crippen molar-refractivity contribution in [3.05, 3.63) is 17.7 Å². The summed E-state index contributed by atoms with van der Waals surface area (Å²) in [6, 6.07) is 4.28. The molecule has 1 heterocycles. The van der Waals surface area contributed by atoms with Gasteiger partial charge in [0.25, 0.3) is 0 Å². The maximum absolute atomic E-state index is 5.52. The van der Waals surface area contributed by atoms with Crippen LogP contribution in [0.25, 0.3) is 0 Å². The number of methoxy groups -OCH3 is 3. The van der Waals surface area contributed by atoms with E-state index in [2.05, 4.69) is 29.4 Å². The van der Waals surface area contributed by atoms with Gasteiger partial charge in [0.15, 0.2) is 5.96 Å². The number of hydrogen-bond donors (Lipinski definition) is 2. The summed E-state index contributed by atoms with van der Waals surface area (Å²) in [5.74, 6) is 2.92. The number of nitrogens with one attached hydrogen (secondary N) is 2. The number of hydrogen-bond acceptors (Lipinski definition) is 5. The first-order valence-corrected chi connectivity index (χ1v) is 9.71. The minimum absolute atomic E-state index is 0. The van der Waals surface area contributed by atoms with Crippen molar-refractivity contribution in [2.45, 2.75) is 39.3 Å². The Morgan fingerprint density at radius 1 is 1.11 bits per heavy atom. The summed E-state index contributed by atoms with van der Waals surface area (Å²) in [6.07, 6.45) is 2.51. The molecule has 1 saturated heterocycles. The minimum Gasteiger partial charge on any atom is -0.496 e. The summed E-state index contributed by atoms with van der Waals surface area (Å²) in [5, 5.41) is 6.81. The van der Waals surface area contributed by atoms with Gasteiger partial charge in [-0.15, -0.1) is 24.0 Å². The van der Waals surface area contributed by atoms with E-state index >= 15 is 0 Å². The number of aliphatic imine (C=N–C) groups is 1. The van der Waals surface area contributed by atoms with Gasteiger partial charge < -0.3 is 24.8 Å². The molecular formula is C20H35IN4O3. The average Bonchev–Trinajstić information content (AvgIpc) is 3.16. The van der Waals surface area contributed by atoms with E-state index < -0.39 is 0 Å². The molecule has 1 fully saturated rings. The van der Waals surface area contributed by atoms with Gasteiger partial charge in [-0.05, 0) is 32.9 Å². The monoisotopic (exact) mass is 506 g/mol. The highest BCUT2D eigenvalue weighted by Crippen LogP contribution is 2.34. The molecule has 0 saturated carbocycles. The first-order valence-electron chi connectivity index (χ1n) is 9.71. The molecule has 7 nitrogen and oxygen atoms in total. The predicted octanol–water partition coefficient (Wildman–Crippen LogP) is 2.87. The molecule has 28 heavy (non-hydrogen) atoms. The maximum atomic E-state index is 5.52. The largest absolute Gasteiger partial charge is 0.496 e. The lowest BCUT2D eigenvalue weighted by Crippen LogP contribution is -2.44. The number of halogens is 1. The van der Waals surface area contributed by atoms with Crippen LogP contribution in [0.4, 0.5) is 0 Å². The quantitative estimate of drug-likeness (QED) is 0.305. The molecule has 8 heteroatoms. The first kappa shape index (κ1) is 24.6. The fourth-order valence-corrected chi connectivity index (χ4v) is 3.49. The van der Waals surface area contributed by atoms with E-state index in [4.69, 9.17) is 19.2 Å². The summed E-state index contributed by atoms with van der Waals surface area (Å²) >= 11 is 0. The zero-order chi connectivity index (χ0) is 19.6. The fraction of sp³-hybridized carbons (Fsp3) is 0.650. The van der Waals surface area contributed by atoms with Crippen LogP contribution in [0.2, 0.25) is 0 Å². The SMILES string of the molecule is CCNC(=NCc1c(OC)cc(OC)cc1OC)NCC1CCCN1CC.I. The first-order chi connectivity index (χ1) is 13.2. The lowest BCUT2D eigenvalue weighted by molar-refractivity contribution is 0.267.